The van der Waals surface area contributed by atoms with Crippen molar-refractivity contribution < 1.29 is 24.2 Å². The molecule has 1 aliphatic rings. The van der Waals surface area contributed by atoms with Crippen LogP contribution in [-0.4, -0.2) is 29.1 Å². The summed E-state index contributed by atoms with van der Waals surface area (Å²) < 4.78 is 17.9. The number of benzene rings is 2. The van der Waals surface area contributed by atoms with E-state index in [4.69, 9.17) is 19.4 Å². The summed E-state index contributed by atoms with van der Waals surface area (Å²) in [4.78, 5) is 24.2. The van der Waals surface area contributed by atoms with Crippen molar-refractivity contribution >= 4 is 16.7 Å². The summed E-state index contributed by atoms with van der Waals surface area (Å²) in [5.74, 6) is 1.37. The largest absolute Gasteiger partial charge is 0.493 e. The SMILES string of the molecule is O=C(NO)c1ccc2ccn(CCCOc3ccc4c(c3)OCO4)c(=O)c2c1. The molecule has 0 fully saturated rings. The normalized spacial score (nSPS) is 12.2. The monoisotopic (exact) mass is 382 g/mol. The smallest absolute Gasteiger partial charge is 0.274 e. The maximum absolute atomic E-state index is 12.7. The van der Waals surface area contributed by atoms with Crippen molar-refractivity contribution in [1.29, 1.82) is 0 Å². The Hall–Kier alpha value is -3.52. The number of carbonyl (C=O) groups is 1. The van der Waals surface area contributed by atoms with Crippen molar-refractivity contribution in [3.8, 4) is 17.2 Å². The second-order valence-electron chi connectivity index (χ2n) is 6.27. The predicted molar refractivity (Wildman–Crippen MR) is 100 cm³/mol. The minimum Gasteiger partial charge on any atom is -0.493 e. The molecule has 0 saturated heterocycles. The number of hydroxylamine groups is 1. The van der Waals surface area contributed by atoms with Crippen LogP contribution in [0.1, 0.15) is 16.8 Å². The molecule has 0 spiro atoms. The summed E-state index contributed by atoms with van der Waals surface area (Å²) in [5, 5.41) is 9.91. The quantitative estimate of drug-likeness (QED) is 0.386. The van der Waals surface area contributed by atoms with Crippen LogP contribution in [0, 0.1) is 0 Å². The standard InChI is InChI=1S/C20H18N2O6/c23-19(21-25)14-3-2-13-6-8-22(20(24)16(13)10-14)7-1-9-26-15-4-5-17-18(11-15)28-12-27-17/h2-6,8,10-11,25H,1,7,9,12H2,(H,21,23). The second kappa shape index (κ2) is 7.61. The number of aromatic nitrogens is 1. The molecule has 2 heterocycles. The van der Waals surface area contributed by atoms with Gasteiger partial charge in [-0.05, 0) is 42.1 Å². The van der Waals surface area contributed by atoms with Crippen molar-refractivity contribution in [3.05, 3.63) is 64.6 Å². The maximum Gasteiger partial charge on any atom is 0.274 e. The van der Waals surface area contributed by atoms with Gasteiger partial charge in [-0.15, -0.1) is 0 Å². The molecule has 2 N–H and O–H groups in total. The lowest BCUT2D eigenvalue weighted by Crippen LogP contribution is -2.22. The minimum atomic E-state index is -0.658. The number of rotatable bonds is 6. The lowest BCUT2D eigenvalue weighted by atomic mass is 10.1. The Labute approximate surface area is 159 Å². The van der Waals surface area contributed by atoms with Crippen LogP contribution in [-0.2, 0) is 6.54 Å². The fraction of sp³-hybridized carbons (Fsp3) is 0.200. The van der Waals surface area contributed by atoms with Gasteiger partial charge in [0.2, 0.25) is 6.79 Å². The molecule has 2 aromatic carbocycles. The molecule has 0 bridgehead atoms. The van der Waals surface area contributed by atoms with E-state index in [0.29, 0.717) is 42.2 Å². The van der Waals surface area contributed by atoms with Crippen LogP contribution in [0.25, 0.3) is 10.8 Å². The van der Waals surface area contributed by atoms with Crippen LogP contribution >= 0.6 is 0 Å². The summed E-state index contributed by atoms with van der Waals surface area (Å²) in [7, 11) is 0. The number of pyridine rings is 1. The van der Waals surface area contributed by atoms with Crippen LogP contribution in [0.15, 0.2) is 53.5 Å². The van der Waals surface area contributed by atoms with Crippen molar-refractivity contribution in [2.45, 2.75) is 13.0 Å². The van der Waals surface area contributed by atoms with Gasteiger partial charge in [0, 0.05) is 29.8 Å². The Balaban J connectivity index is 1.42. The zero-order valence-electron chi connectivity index (χ0n) is 14.9. The first kappa shape index (κ1) is 17.9. The third kappa shape index (κ3) is 3.49. The van der Waals surface area contributed by atoms with Crippen molar-refractivity contribution in [2.24, 2.45) is 0 Å². The zero-order chi connectivity index (χ0) is 19.5. The molecule has 3 aromatic rings. The highest BCUT2D eigenvalue weighted by molar-refractivity contribution is 5.97. The number of hydrogen-bond donors (Lipinski definition) is 2. The van der Waals surface area contributed by atoms with Gasteiger partial charge in [-0.25, -0.2) is 5.48 Å². The van der Waals surface area contributed by atoms with Crippen LogP contribution in [0.4, 0.5) is 0 Å². The first-order chi connectivity index (χ1) is 13.7. The minimum absolute atomic E-state index is 0.201. The van der Waals surface area contributed by atoms with E-state index in [9.17, 15) is 9.59 Å². The van der Waals surface area contributed by atoms with Crippen LogP contribution in [0.3, 0.4) is 0 Å². The van der Waals surface area contributed by atoms with E-state index in [1.54, 1.807) is 40.5 Å². The van der Waals surface area contributed by atoms with Gasteiger partial charge in [0.25, 0.3) is 11.5 Å². The Morgan fingerprint density at radius 2 is 2.00 bits per heavy atom. The molecular weight excluding hydrogens is 364 g/mol. The Kier molecular flexibility index (Phi) is 4.86. The van der Waals surface area contributed by atoms with Crippen molar-refractivity contribution in [2.75, 3.05) is 13.4 Å². The fourth-order valence-electron chi connectivity index (χ4n) is 3.05. The van der Waals surface area contributed by atoms with E-state index < -0.39 is 5.91 Å². The third-order valence-corrected chi connectivity index (χ3v) is 4.50. The number of hydrogen-bond acceptors (Lipinski definition) is 6. The molecule has 144 valence electrons. The molecule has 8 nitrogen and oxygen atoms in total. The maximum atomic E-state index is 12.7. The molecule has 0 atom stereocenters. The average Bonchev–Trinajstić information content (AvgIpc) is 3.19. The first-order valence-electron chi connectivity index (χ1n) is 8.76. The zero-order valence-corrected chi connectivity index (χ0v) is 14.9. The number of aryl methyl sites for hydroxylation is 1. The lowest BCUT2D eigenvalue weighted by molar-refractivity contribution is 0.0706. The molecule has 8 heteroatoms. The third-order valence-electron chi connectivity index (χ3n) is 4.50. The molecule has 1 aromatic heterocycles. The summed E-state index contributed by atoms with van der Waals surface area (Å²) in [5.41, 5.74) is 1.59. The van der Waals surface area contributed by atoms with E-state index in [1.807, 2.05) is 12.1 Å². The first-order valence-corrected chi connectivity index (χ1v) is 8.76. The molecule has 1 amide bonds. The molecule has 1 aliphatic heterocycles. The molecule has 0 radical (unpaired) electrons. The van der Waals surface area contributed by atoms with Gasteiger partial charge in [-0.1, -0.05) is 6.07 Å². The predicted octanol–water partition coefficient (Wildman–Crippen LogP) is 2.32. The van der Waals surface area contributed by atoms with Gasteiger partial charge >= 0.3 is 0 Å². The summed E-state index contributed by atoms with van der Waals surface area (Å²) >= 11 is 0. The molecule has 0 aliphatic carbocycles. The highest BCUT2D eigenvalue weighted by atomic mass is 16.7. The van der Waals surface area contributed by atoms with Crippen LogP contribution in [0.5, 0.6) is 17.2 Å². The van der Waals surface area contributed by atoms with Gasteiger partial charge in [0.1, 0.15) is 5.75 Å². The van der Waals surface area contributed by atoms with Gasteiger partial charge in [0.15, 0.2) is 11.5 Å². The van der Waals surface area contributed by atoms with E-state index >= 15 is 0 Å². The highest BCUT2D eigenvalue weighted by Crippen LogP contribution is 2.35. The number of fused-ring (bicyclic) bond motifs is 2. The topological polar surface area (TPSA) is 99.0 Å². The second-order valence-corrected chi connectivity index (χ2v) is 6.27. The molecule has 28 heavy (non-hydrogen) atoms. The van der Waals surface area contributed by atoms with Crippen molar-refractivity contribution in [1.82, 2.24) is 10.0 Å². The van der Waals surface area contributed by atoms with Gasteiger partial charge in [0.05, 0.1) is 6.61 Å². The number of amides is 1. The van der Waals surface area contributed by atoms with E-state index in [-0.39, 0.29) is 17.9 Å². The van der Waals surface area contributed by atoms with Crippen molar-refractivity contribution in [3.63, 3.8) is 0 Å². The van der Waals surface area contributed by atoms with Crippen LogP contribution < -0.4 is 25.2 Å². The van der Waals surface area contributed by atoms with E-state index in [0.717, 1.165) is 5.39 Å². The lowest BCUT2D eigenvalue weighted by Gasteiger charge is -2.10. The molecule has 0 saturated carbocycles. The van der Waals surface area contributed by atoms with E-state index in [2.05, 4.69) is 0 Å². The van der Waals surface area contributed by atoms with Gasteiger partial charge in [-0.2, -0.15) is 0 Å². The molecule has 0 unspecified atom stereocenters. The summed E-state index contributed by atoms with van der Waals surface area (Å²) in [6, 6.07) is 11.9. The van der Waals surface area contributed by atoms with Crippen LogP contribution in [0.2, 0.25) is 0 Å². The van der Waals surface area contributed by atoms with Gasteiger partial charge in [-0.3, -0.25) is 14.8 Å². The summed E-state index contributed by atoms with van der Waals surface area (Å²) in [6.45, 7) is 1.11. The number of carbonyl (C=O) groups excluding carboxylic acids is 1. The number of nitrogens with zero attached hydrogens (tertiary/aromatic N) is 1. The number of nitrogens with one attached hydrogen (secondary N) is 1. The Morgan fingerprint density at radius 3 is 2.86 bits per heavy atom. The number of ether oxygens (including phenoxy) is 3. The fourth-order valence-corrected chi connectivity index (χ4v) is 3.05. The molecular formula is C20H18N2O6. The Bertz CT molecular complexity index is 1090. The van der Waals surface area contributed by atoms with Gasteiger partial charge < -0.3 is 18.8 Å². The average molecular weight is 382 g/mol. The van der Waals surface area contributed by atoms with E-state index in [1.165, 1.54) is 6.07 Å². The summed E-state index contributed by atoms with van der Waals surface area (Å²) in [6.07, 6.45) is 2.34. The highest BCUT2D eigenvalue weighted by Gasteiger charge is 2.13. The Morgan fingerprint density at radius 1 is 1.14 bits per heavy atom. The molecule has 4 rings (SSSR count).